The van der Waals surface area contributed by atoms with Crippen LogP contribution in [0.3, 0.4) is 0 Å². The average Bonchev–Trinajstić information content (AvgIpc) is 2.90. The van der Waals surface area contributed by atoms with Crippen LogP contribution in [0.15, 0.2) is 28.8 Å². The molecule has 4 heteroatoms. The van der Waals surface area contributed by atoms with Crippen LogP contribution in [-0.2, 0) is 11.2 Å². The maximum Gasteiger partial charge on any atom is 0.237 e. The van der Waals surface area contributed by atoms with Gasteiger partial charge in [0.1, 0.15) is 5.78 Å². The van der Waals surface area contributed by atoms with Crippen molar-refractivity contribution >= 4 is 5.78 Å². The minimum absolute atomic E-state index is 0.166. The first kappa shape index (κ1) is 11.8. The van der Waals surface area contributed by atoms with Crippen molar-refractivity contribution in [2.75, 3.05) is 0 Å². The van der Waals surface area contributed by atoms with E-state index < -0.39 is 0 Å². The third-order valence-corrected chi connectivity index (χ3v) is 4.48. The zero-order valence-electron chi connectivity index (χ0n) is 11.2. The van der Waals surface area contributed by atoms with Crippen molar-refractivity contribution in [3.05, 3.63) is 47.1 Å². The third kappa shape index (κ3) is 1.79. The van der Waals surface area contributed by atoms with Crippen molar-refractivity contribution in [1.82, 2.24) is 10.1 Å². The standard InChI is InChI=1S/C16H16N2O2/c19-14-8-4-3-7-12(14)16-17-15(18-20-16)13-9-10-5-1-2-6-11(10)13/h1-2,5-6,12-13H,3-4,7-9H2. The van der Waals surface area contributed by atoms with Crippen LogP contribution in [0.25, 0.3) is 0 Å². The highest BCUT2D eigenvalue weighted by Crippen LogP contribution is 2.39. The molecule has 1 aromatic carbocycles. The zero-order valence-corrected chi connectivity index (χ0v) is 11.2. The normalized spacial score (nSPS) is 25.1. The van der Waals surface area contributed by atoms with Crippen molar-refractivity contribution in [1.29, 1.82) is 0 Å². The molecule has 0 radical (unpaired) electrons. The SMILES string of the molecule is O=C1CCCCC1c1nc(C2Cc3ccccc32)no1. The van der Waals surface area contributed by atoms with Gasteiger partial charge in [-0.25, -0.2) is 0 Å². The van der Waals surface area contributed by atoms with E-state index >= 15 is 0 Å². The van der Waals surface area contributed by atoms with Gasteiger partial charge in [0.2, 0.25) is 5.89 Å². The Hall–Kier alpha value is -1.97. The zero-order chi connectivity index (χ0) is 13.5. The molecule has 0 bridgehead atoms. The molecule has 2 atom stereocenters. The predicted octanol–water partition coefficient (Wildman–Crippen LogP) is 2.98. The van der Waals surface area contributed by atoms with Crippen LogP contribution in [0, 0.1) is 0 Å². The highest BCUT2D eigenvalue weighted by atomic mass is 16.5. The molecule has 1 heterocycles. The van der Waals surface area contributed by atoms with Crippen molar-refractivity contribution in [2.24, 2.45) is 0 Å². The Morgan fingerprint density at radius 2 is 2.05 bits per heavy atom. The lowest BCUT2D eigenvalue weighted by molar-refractivity contribution is -0.122. The summed E-state index contributed by atoms with van der Waals surface area (Å²) in [5.41, 5.74) is 2.65. The maximum atomic E-state index is 11.9. The summed E-state index contributed by atoms with van der Waals surface area (Å²) in [5, 5.41) is 4.11. The Morgan fingerprint density at radius 1 is 1.15 bits per heavy atom. The minimum atomic E-state index is -0.166. The molecule has 2 aliphatic rings. The van der Waals surface area contributed by atoms with Crippen molar-refractivity contribution < 1.29 is 9.32 Å². The molecule has 0 saturated heterocycles. The minimum Gasteiger partial charge on any atom is -0.339 e. The van der Waals surface area contributed by atoms with E-state index in [1.54, 1.807) is 0 Å². The summed E-state index contributed by atoms with van der Waals surface area (Å²) in [4.78, 5) is 16.4. The van der Waals surface area contributed by atoms with E-state index in [-0.39, 0.29) is 17.6 Å². The van der Waals surface area contributed by atoms with Crippen LogP contribution < -0.4 is 0 Å². The number of benzene rings is 1. The van der Waals surface area contributed by atoms with E-state index in [2.05, 4.69) is 28.3 Å². The molecule has 1 saturated carbocycles. The number of nitrogens with zero attached hydrogens (tertiary/aromatic N) is 2. The van der Waals surface area contributed by atoms with Gasteiger partial charge < -0.3 is 4.52 Å². The highest BCUT2D eigenvalue weighted by molar-refractivity contribution is 5.85. The Balaban J connectivity index is 1.59. The van der Waals surface area contributed by atoms with E-state index in [4.69, 9.17) is 4.52 Å². The first-order valence-electron chi connectivity index (χ1n) is 7.27. The van der Waals surface area contributed by atoms with Gasteiger partial charge in [0.05, 0.1) is 11.8 Å². The lowest BCUT2D eigenvalue weighted by atomic mass is 9.77. The number of ketones is 1. The summed E-state index contributed by atoms with van der Waals surface area (Å²) in [5.74, 6) is 1.58. The lowest BCUT2D eigenvalue weighted by Gasteiger charge is -2.27. The van der Waals surface area contributed by atoms with Gasteiger partial charge in [-0.15, -0.1) is 0 Å². The molecule has 0 amide bonds. The van der Waals surface area contributed by atoms with Crippen LogP contribution in [-0.4, -0.2) is 15.9 Å². The number of carbonyl (C=O) groups excluding carboxylic acids is 1. The van der Waals surface area contributed by atoms with Gasteiger partial charge in [0.15, 0.2) is 5.82 Å². The first-order valence-corrected chi connectivity index (χ1v) is 7.27. The van der Waals surface area contributed by atoms with E-state index in [1.165, 1.54) is 11.1 Å². The van der Waals surface area contributed by atoms with Gasteiger partial charge in [-0.05, 0) is 30.4 Å². The fourth-order valence-electron chi connectivity index (χ4n) is 3.26. The Bertz CT molecular complexity index is 662. The topological polar surface area (TPSA) is 56.0 Å². The van der Waals surface area contributed by atoms with Crippen LogP contribution in [0.4, 0.5) is 0 Å². The summed E-state index contributed by atoms with van der Waals surface area (Å²) in [6.07, 6.45) is 4.52. The van der Waals surface area contributed by atoms with Crippen molar-refractivity contribution in [3.63, 3.8) is 0 Å². The van der Waals surface area contributed by atoms with Gasteiger partial charge in [-0.1, -0.05) is 35.8 Å². The second-order valence-electron chi connectivity index (χ2n) is 5.71. The second-order valence-corrected chi connectivity index (χ2v) is 5.71. The molecule has 2 aromatic rings. The summed E-state index contributed by atoms with van der Waals surface area (Å²) in [6.45, 7) is 0. The predicted molar refractivity (Wildman–Crippen MR) is 72.5 cm³/mol. The Labute approximate surface area is 117 Å². The molecule has 0 aliphatic heterocycles. The fourth-order valence-corrected chi connectivity index (χ4v) is 3.26. The smallest absolute Gasteiger partial charge is 0.237 e. The molecule has 4 nitrogen and oxygen atoms in total. The molecule has 1 fully saturated rings. The lowest BCUT2D eigenvalue weighted by Crippen LogP contribution is -2.20. The molecule has 2 unspecified atom stereocenters. The molecule has 0 N–H and O–H groups in total. The number of aromatic nitrogens is 2. The largest absolute Gasteiger partial charge is 0.339 e. The quantitative estimate of drug-likeness (QED) is 0.840. The summed E-state index contributed by atoms with van der Waals surface area (Å²) < 4.78 is 5.36. The van der Waals surface area contributed by atoms with E-state index in [9.17, 15) is 4.79 Å². The maximum absolute atomic E-state index is 11.9. The van der Waals surface area contributed by atoms with Crippen molar-refractivity contribution in [2.45, 2.75) is 43.9 Å². The molecule has 2 aliphatic carbocycles. The molecule has 20 heavy (non-hydrogen) atoms. The number of rotatable bonds is 2. The number of hydrogen-bond acceptors (Lipinski definition) is 4. The van der Waals surface area contributed by atoms with Gasteiger partial charge in [-0.3, -0.25) is 4.79 Å². The first-order chi connectivity index (χ1) is 9.83. The van der Waals surface area contributed by atoms with Crippen LogP contribution in [0.5, 0.6) is 0 Å². The monoisotopic (exact) mass is 268 g/mol. The Kier molecular flexibility index (Phi) is 2.69. The van der Waals surface area contributed by atoms with Crippen LogP contribution in [0.1, 0.15) is 60.4 Å². The second kappa shape index (κ2) is 4.54. The molecule has 0 spiro atoms. The summed E-state index contributed by atoms with van der Waals surface area (Å²) in [7, 11) is 0. The molecule has 102 valence electrons. The van der Waals surface area contributed by atoms with Gasteiger partial charge in [0.25, 0.3) is 0 Å². The van der Waals surface area contributed by atoms with E-state index in [0.29, 0.717) is 12.3 Å². The van der Waals surface area contributed by atoms with Crippen molar-refractivity contribution in [3.8, 4) is 0 Å². The number of Topliss-reactive ketones (excluding diaryl/α,β-unsaturated/α-hetero) is 1. The third-order valence-electron chi connectivity index (χ3n) is 4.48. The number of hydrogen-bond donors (Lipinski definition) is 0. The molecular weight excluding hydrogens is 252 g/mol. The average molecular weight is 268 g/mol. The summed E-state index contributed by atoms with van der Waals surface area (Å²) in [6, 6.07) is 8.34. The van der Waals surface area contributed by atoms with Gasteiger partial charge >= 0.3 is 0 Å². The highest BCUT2D eigenvalue weighted by Gasteiger charge is 2.34. The van der Waals surface area contributed by atoms with Crippen LogP contribution in [0.2, 0.25) is 0 Å². The van der Waals surface area contributed by atoms with Gasteiger partial charge in [0, 0.05) is 6.42 Å². The molecule has 1 aromatic heterocycles. The number of carbonyl (C=O) groups is 1. The molecular formula is C16H16N2O2. The fraction of sp³-hybridized carbons (Fsp3) is 0.438. The van der Waals surface area contributed by atoms with E-state index in [1.807, 2.05) is 6.07 Å². The van der Waals surface area contributed by atoms with E-state index in [0.717, 1.165) is 31.5 Å². The van der Waals surface area contributed by atoms with Gasteiger partial charge in [-0.2, -0.15) is 4.98 Å². The number of fused-ring (bicyclic) bond motifs is 1. The molecule has 4 rings (SSSR count). The summed E-state index contributed by atoms with van der Waals surface area (Å²) >= 11 is 0. The Morgan fingerprint density at radius 3 is 2.90 bits per heavy atom. The van der Waals surface area contributed by atoms with Crippen LogP contribution >= 0.6 is 0 Å².